The molecule has 0 spiro atoms. The lowest BCUT2D eigenvalue weighted by molar-refractivity contribution is 0.164. The van der Waals surface area contributed by atoms with Crippen LogP contribution in [0.2, 0.25) is 0 Å². The number of hydrogen-bond acceptors (Lipinski definition) is 5. The minimum Gasteiger partial charge on any atom is -0.491 e. The minimum absolute atomic E-state index is 0.0910. The SMILES string of the molecule is CCC(CC)Oc1cccc(C(C)CCC(C)c2ccc(OCC(C)(C)CCC(C)c3ccncc3)cn2)n1. The molecule has 0 bridgehead atoms. The van der Waals surface area contributed by atoms with Gasteiger partial charge in [-0.15, -0.1) is 0 Å². The molecule has 0 radical (unpaired) electrons. The van der Waals surface area contributed by atoms with Gasteiger partial charge in [0.05, 0.1) is 18.9 Å². The minimum atomic E-state index is 0.0910. The fraction of sp³-hybridized carbons (Fsp3) is 0.559. The number of hydrogen-bond donors (Lipinski definition) is 0. The molecule has 39 heavy (non-hydrogen) atoms. The standard InChI is InChI=1S/C34H49N3O2/c1-8-29(9-2)39-33-12-10-11-32(37-33)27(5)14-13-26(4)31-16-15-30(23-36-31)38-24-34(6,7)20-17-25(3)28-18-21-35-22-19-28/h10-12,15-16,18-19,21-23,25-27,29H,8-9,13-14,17,20,24H2,1-7H3. The van der Waals surface area contributed by atoms with Crippen LogP contribution in [-0.4, -0.2) is 27.7 Å². The Kier molecular flexibility index (Phi) is 11.8. The van der Waals surface area contributed by atoms with Gasteiger partial charge < -0.3 is 9.47 Å². The first-order chi connectivity index (χ1) is 18.7. The van der Waals surface area contributed by atoms with Crippen LogP contribution >= 0.6 is 0 Å². The highest BCUT2D eigenvalue weighted by atomic mass is 16.5. The molecule has 0 saturated heterocycles. The molecule has 0 aliphatic rings. The zero-order chi connectivity index (χ0) is 28.3. The number of rotatable bonds is 16. The Morgan fingerprint density at radius 2 is 1.49 bits per heavy atom. The van der Waals surface area contributed by atoms with Gasteiger partial charge in [0, 0.05) is 29.8 Å². The second-order valence-electron chi connectivity index (χ2n) is 11.9. The number of pyridine rings is 3. The summed E-state index contributed by atoms with van der Waals surface area (Å²) in [6.45, 7) is 16.3. The van der Waals surface area contributed by atoms with Gasteiger partial charge in [-0.3, -0.25) is 9.97 Å². The van der Waals surface area contributed by atoms with Crippen LogP contribution in [0.25, 0.3) is 0 Å². The van der Waals surface area contributed by atoms with Crippen molar-refractivity contribution in [3.63, 3.8) is 0 Å². The molecule has 0 aliphatic carbocycles. The Morgan fingerprint density at radius 1 is 0.795 bits per heavy atom. The van der Waals surface area contributed by atoms with E-state index in [1.807, 2.05) is 24.7 Å². The predicted octanol–water partition coefficient (Wildman–Crippen LogP) is 9.12. The third-order valence-corrected chi connectivity index (χ3v) is 7.90. The van der Waals surface area contributed by atoms with Crippen molar-refractivity contribution in [1.82, 2.24) is 15.0 Å². The van der Waals surface area contributed by atoms with Crippen LogP contribution in [-0.2, 0) is 0 Å². The lowest BCUT2D eigenvalue weighted by atomic mass is 9.84. The van der Waals surface area contributed by atoms with Gasteiger partial charge in [0.25, 0.3) is 0 Å². The van der Waals surface area contributed by atoms with Crippen molar-refractivity contribution in [3.05, 3.63) is 78.0 Å². The monoisotopic (exact) mass is 531 g/mol. The van der Waals surface area contributed by atoms with Crippen molar-refractivity contribution >= 4 is 0 Å². The lowest BCUT2D eigenvalue weighted by Crippen LogP contribution is -2.22. The molecule has 212 valence electrons. The van der Waals surface area contributed by atoms with E-state index < -0.39 is 0 Å². The van der Waals surface area contributed by atoms with Gasteiger partial charge in [-0.05, 0) is 97.6 Å². The number of nitrogens with zero attached hydrogens (tertiary/aromatic N) is 3. The predicted molar refractivity (Wildman–Crippen MR) is 161 cm³/mol. The largest absolute Gasteiger partial charge is 0.491 e. The molecule has 5 heteroatoms. The molecule has 3 heterocycles. The van der Waals surface area contributed by atoms with Crippen LogP contribution in [0.15, 0.2) is 61.1 Å². The zero-order valence-electron chi connectivity index (χ0n) is 25.2. The highest BCUT2D eigenvalue weighted by Gasteiger charge is 2.21. The van der Waals surface area contributed by atoms with Gasteiger partial charge in [-0.25, -0.2) is 4.98 Å². The molecule has 0 fully saturated rings. The molecule has 3 aromatic rings. The summed E-state index contributed by atoms with van der Waals surface area (Å²) in [5.74, 6) is 2.83. The maximum atomic E-state index is 6.16. The quantitative estimate of drug-likeness (QED) is 0.184. The molecule has 5 nitrogen and oxygen atoms in total. The van der Waals surface area contributed by atoms with E-state index in [-0.39, 0.29) is 11.5 Å². The van der Waals surface area contributed by atoms with E-state index in [0.717, 1.165) is 61.5 Å². The van der Waals surface area contributed by atoms with Gasteiger partial charge in [-0.2, -0.15) is 0 Å². The fourth-order valence-electron chi connectivity index (χ4n) is 4.78. The van der Waals surface area contributed by atoms with Gasteiger partial charge >= 0.3 is 0 Å². The molecule has 0 saturated carbocycles. The zero-order valence-corrected chi connectivity index (χ0v) is 25.2. The average Bonchev–Trinajstić information content (AvgIpc) is 2.97. The van der Waals surface area contributed by atoms with E-state index in [1.54, 1.807) is 0 Å². The summed E-state index contributed by atoms with van der Waals surface area (Å²) in [5.41, 5.74) is 3.65. The lowest BCUT2D eigenvalue weighted by Gasteiger charge is -2.26. The number of aromatic nitrogens is 3. The Hall–Kier alpha value is -2.95. The molecular weight excluding hydrogens is 482 g/mol. The van der Waals surface area contributed by atoms with Crippen LogP contribution in [0.3, 0.4) is 0 Å². The third-order valence-electron chi connectivity index (χ3n) is 7.90. The maximum Gasteiger partial charge on any atom is 0.213 e. The molecule has 3 unspecified atom stereocenters. The van der Waals surface area contributed by atoms with Crippen molar-refractivity contribution in [2.24, 2.45) is 5.41 Å². The molecule has 3 atom stereocenters. The highest BCUT2D eigenvalue weighted by molar-refractivity contribution is 5.22. The van der Waals surface area contributed by atoms with E-state index >= 15 is 0 Å². The second kappa shape index (κ2) is 15.0. The van der Waals surface area contributed by atoms with E-state index in [1.165, 1.54) is 5.56 Å². The van der Waals surface area contributed by atoms with Crippen molar-refractivity contribution in [2.75, 3.05) is 6.61 Å². The summed E-state index contributed by atoms with van der Waals surface area (Å²) < 4.78 is 12.2. The van der Waals surface area contributed by atoms with Crippen LogP contribution in [0.4, 0.5) is 0 Å². The normalized spacial score (nSPS) is 14.2. The Bertz CT molecular complexity index is 1100. The topological polar surface area (TPSA) is 57.1 Å². The Morgan fingerprint density at radius 3 is 2.13 bits per heavy atom. The maximum absolute atomic E-state index is 6.16. The van der Waals surface area contributed by atoms with E-state index in [0.29, 0.717) is 24.4 Å². The molecule has 0 aliphatic heterocycles. The highest BCUT2D eigenvalue weighted by Crippen LogP contribution is 2.31. The first kappa shape index (κ1) is 30.6. The summed E-state index contributed by atoms with van der Waals surface area (Å²) in [7, 11) is 0. The van der Waals surface area contributed by atoms with Gasteiger partial charge in [-0.1, -0.05) is 54.5 Å². The van der Waals surface area contributed by atoms with Crippen LogP contribution < -0.4 is 9.47 Å². The summed E-state index contributed by atoms with van der Waals surface area (Å²) in [6.07, 6.45) is 12.2. The van der Waals surface area contributed by atoms with Crippen LogP contribution in [0.1, 0.15) is 122 Å². The summed E-state index contributed by atoms with van der Waals surface area (Å²) in [5, 5.41) is 0. The molecule has 3 rings (SSSR count). The molecule has 0 aromatic carbocycles. The van der Waals surface area contributed by atoms with Crippen LogP contribution in [0, 0.1) is 5.41 Å². The van der Waals surface area contributed by atoms with Gasteiger partial charge in [0.2, 0.25) is 5.88 Å². The summed E-state index contributed by atoms with van der Waals surface area (Å²) in [6, 6.07) is 14.5. The first-order valence-corrected chi connectivity index (χ1v) is 14.8. The summed E-state index contributed by atoms with van der Waals surface area (Å²) >= 11 is 0. The van der Waals surface area contributed by atoms with Crippen molar-refractivity contribution < 1.29 is 9.47 Å². The molecule has 3 aromatic heterocycles. The van der Waals surface area contributed by atoms with Crippen LogP contribution in [0.5, 0.6) is 11.6 Å². The van der Waals surface area contributed by atoms with Crippen molar-refractivity contribution in [1.29, 1.82) is 0 Å². The second-order valence-corrected chi connectivity index (χ2v) is 11.9. The van der Waals surface area contributed by atoms with Crippen molar-refractivity contribution in [3.8, 4) is 11.6 Å². The number of ether oxygens (including phenoxy) is 2. The van der Waals surface area contributed by atoms with Crippen molar-refractivity contribution in [2.45, 2.75) is 111 Å². The first-order valence-electron chi connectivity index (χ1n) is 14.8. The molecule has 0 amide bonds. The Balaban J connectivity index is 1.45. The Labute approximate surface area is 236 Å². The summed E-state index contributed by atoms with van der Waals surface area (Å²) in [4.78, 5) is 13.7. The van der Waals surface area contributed by atoms with Gasteiger partial charge in [0.15, 0.2) is 0 Å². The van der Waals surface area contributed by atoms with Gasteiger partial charge in [0.1, 0.15) is 5.75 Å². The van der Waals surface area contributed by atoms with E-state index in [4.69, 9.17) is 19.4 Å². The molecular formula is C34H49N3O2. The fourth-order valence-corrected chi connectivity index (χ4v) is 4.78. The van der Waals surface area contributed by atoms with E-state index in [2.05, 4.69) is 89.8 Å². The van der Waals surface area contributed by atoms with E-state index in [9.17, 15) is 0 Å². The molecule has 0 N–H and O–H groups in total. The average molecular weight is 532 g/mol. The third kappa shape index (κ3) is 9.94. The smallest absolute Gasteiger partial charge is 0.213 e.